The normalized spacial score (nSPS) is 12.3. The van der Waals surface area contributed by atoms with Gasteiger partial charge in [0.15, 0.2) is 0 Å². The minimum Gasteiger partial charge on any atom is -0.507 e. The van der Waals surface area contributed by atoms with E-state index in [-0.39, 0.29) is 43.1 Å². The summed E-state index contributed by atoms with van der Waals surface area (Å²) in [5, 5.41) is 14.1. The van der Waals surface area contributed by atoms with Gasteiger partial charge in [0.25, 0.3) is 0 Å². The van der Waals surface area contributed by atoms with Crippen molar-refractivity contribution in [3.8, 4) is 62.0 Å². The Hall–Kier alpha value is -6.55. The third-order valence-corrected chi connectivity index (χ3v) is 13.0. The SMILES string of the molecule is Cc1cccc(-c2ccnc(-c3[c-]c(-c4cc(-n5c6ccccc6c6ccccc65)cc5c4nc(-c4ccccc4O)n5-c4cc(C(C)(C)C)cc(C(C)(C)C)c4)cc(C(C)(C)C)c3)c2)c1.[Pt]. The third kappa shape index (κ3) is 8.44. The van der Waals surface area contributed by atoms with Crippen LogP contribution in [0, 0.1) is 13.0 Å². The van der Waals surface area contributed by atoms with Crippen LogP contribution in [0.15, 0.2) is 158 Å². The van der Waals surface area contributed by atoms with Crippen LogP contribution in [0.3, 0.4) is 0 Å². The van der Waals surface area contributed by atoms with E-state index in [2.05, 4.69) is 212 Å². The number of pyridine rings is 1. The second-order valence-corrected chi connectivity index (χ2v) is 21.0. The van der Waals surface area contributed by atoms with E-state index in [1.54, 1.807) is 6.07 Å². The fraction of sp³-hybridized carbons (Fsp3) is 0.213. The first-order valence-electron chi connectivity index (χ1n) is 23.0. The standard InChI is InChI=1S/C61H57N4O.Pt/c1-38-18-17-19-39(28-38)40-26-27-62-52(32-40)42-29-41(30-43(31-42)59(2,3)4)51-36-47(64-53-23-14-11-20-48(53)49-21-12-15-24-54(49)64)37-55-57(51)63-58(50-22-13-16-25-56(50)66)65(55)46-34-44(60(5,6)7)33-45(35-46)61(8,9)10;/h11-28,30-37,66H,1-10H3;/q-1;. The molecule has 0 amide bonds. The Labute approximate surface area is 409 Å². The van der Waals surface area contributed by atoms with Crippen molar-refractivity contribution in [3.05, 3.63) is 186 Å². The Morgan fingerprint density at radius 2 is 1.06 bits per heavy atom. The maximum absolute atomic E-state index is 11.7. The number of hydrogen-bond acceptors (Lipinski definition) is 3. The molecule has 7 aromatic carbocycles. The van der Waals surface area contributed by atoms with Crippen molar-refractivity contribution < 1.29 is 26.2 Å². The van der Waals surface area contributed by atoms with E-state index in [1.165, 1.54) is 27.5 Å². The smallest absolute Gasteiger partial charge is 0.148 e. The number of para-hydroxylation sites is 3. The number of rotatable bonds is 6. The monoisotopic (exact) mass is 1060 g/mol. The van der Waals surface area contributed by atoms with Gasteiger partial charge in [0.1, 0.15) is 11.6 Å². The van der Waals surface area contributed by atoms with Gasteiger partial charge >= 0.3 is 0 Å². The fourth-order valence-electron chi connectivity index (χ4n) is 9.28. The molecule has 0 bridgehead atoms. The predicted octanol–water partition coefficient (Wildman–Crippen LogP) is 15.9. The number of imidazole rings is 1. The number of phenolic OH excluding ortho intramolecular Hbond substituents is 1. The summed E-state index contributed by atoms with van der Waals surface area (Å²) in [5.74, 6) is 0.832. The Morgan fingerprint density at radius 1 is 0.493 bits per heavy atom. The second-order valence-electron chi connectivity index (χ2n) is 21.0. The van der Waals surface area contributed by atoms with Gasteiger partial charge in [-0.2, -0.15) is 0 Å². The van der Waals surface area contributed by atoms with E-state index < -0.39 is 0 Å². The first-order chi connectivity index (χ1) is 31.4. The summed E-state index contributed by atoms with van der Waals surface area (Å²) in [6, 6.07) is 57.8. The number of aryl methyl sites for hydroxylation is 1. The summed E-state index contributed by atoms with van der Waals surface area (Å²) in [6.07, 6.45) is 1.91. The van der Waals surface area contributed by atoms with Crippen molar-refractivity contribution in [1.82, 2.24) is 19.1 Å². The molecule has 3 aromatic heterocycles. The van der Waals surface area contributed by atoms with Crippen molar-refractivity contribution in [3.63, 3.8) is 0 Å². The largest absolute Gasteiger partial charge is 0.507 e. The Morgan fingerprint density at radius 3 is 1.69 bits per heavy atom. The molecular formula is C61H57N4OPt-. The molecule has 3 heterocycles. The predicted molar refractivity (Wildman–Crippen MR) is 276 cm³/mol. The maximum atomic E-state index is 11.7. The van der Waals surface area contributed by atoms with E-state index in [1.807, 2.05) is 24.4 Å². The molecule has 0 aliphatic rings. The zero-order chi connectivity index (χ0) is 46.3. The van der Waals surface area contributed by atoms with Crippen LogP contribution < -0.4 is 0 Å². The molecule has 0 saturated heterocycles. The first-order valence-corrected chi connectivity index (χ1v) is 23.0. The second kappa shape index (κ2) is 17.0. The molecule has 338 valence electrons. The number of aromatic hydroxyl groups is 1. The zero-order valence-electron chi connectivity index (χ0n) is 40.1. The van der Waals surface area contributed by atoms with E-state index >= 15 is 0 Å². The molecule has 67 heavy (non-hydrogen) atoms. The van der Waals surface area contributed by atoms with Crippen LogP contribution in [0.2, 0.25) is 0 Å². The molecule has 10 aromatic rings. The van der Waals surface area contributed by atoms with Gasteiger partial charge in [0.2, 0.25) is 0 Å². The zero-order valence-corrected chi connectivity index (χ0v) is 42.3. The molecule has 0 fully saturated rings. The van der Waals surface area contributed by atoms with Gasteiger partial charge in [-0.25, -0.2) is 4.98 Å². The summed E-state index contributed by atoms with van der Waals surface area (Å²) >= 11 is 0. The average Bonchev–Trinajstić information content (AvgIpc) is 3.84. The number of nitrogens with zero attached hydrogens (tertiary/aromatic N) is 4. The summed E-state index contributed by atoms with van der Waals surface area (Å²) < 4.78 is 4.66. The molecule has 0 radical (unpaired) electrons. The summed E-state index contributed by atoms with van der Waals surface area (Å²) in [4.78, 5) is 10.6. The molecule has 0 spiro atoms. The number of phenols is 1. The first kappa shape index (κ1) is 45.6. The van der Waals surface area contributed by atoms with Crippen LogP contribution >= 0.6 is 0 Å². The molecule has 5 nitrogen and oxygen atoms in total. The van der Waals surface area contributed by atoms with Crippen molar-refractivity contribution in [2.75, 3.05) is 0 Å². The third-order valence-electron chi connectivity index (χ3n) is 13.0. The van der Waals surface area contributed by atoms with Crippen LogP contribution in [-0.2, 0) is 37.3 Å². The quantitative estimate of drug-likeness (QED) is 0.169. The van der Waals surface area contributed by atoms with Crippen LogP contribution in [-0.4, -0.2) is 24.2 Å². The Bertz CT molecular complexity index is 3430. The van der Waals surface area contributed by atoms with Gasteiger partial charge < -0.3 is 9.67 Å². The molecule has 0 atom stereocenters. The van der Waals surface area contributed by atoms with Crippen LogP contribution in [0.5, 0.6) is 5.75 Å². The molecule has 1 N–H and O–H groups in total. The molecule has 0 unspecified atom stereocenters. The molecule has 0 saturated carbocycles. The summed E-state index contributed by atoms with van der Waals surface area (Å²) in [5.41, 5.74) is 16.8. The van der Waals surface area contributed by atoms with Crippen LogP contribution in [0.4, 0.5) is 0 Å². The molecule has 10 rings (SSSR count). The fourth-order valence-corrected chi connectivity index (χ4v) is 9.28. The average molecular weight is 1060 g/mol. The van der Waals surface area contributed by atoms with E-state index in [9.17, 15) is 5.11 Å². The summed E-state index contributed by atoms with van der Waals surface area (Å²) in [7, 11) is 0. The molecule has 0 aliphatic heterocycles. The van der Waals surface area contributed by atoms with Crippen molar-refractivity contribution in [2.24, 2.45) is 0 Å². The van der Waals surface area contributed by atoms with Crippen molar-refractivity contribution in [1.29, 1.82) is 0 Å². The van der Waals surface area contributed by atoms with Crippen LogP contribution in [0.1, 0.15) is 84.6 Å². The van der Waals surface area contributed by atoms with Gasteiger partial charge in [-0.05, 0) is 94.0 Å². The van der Waals surface area contributed by atoms with Crippen molar-refractivity contribution in [2.45, 2.75) is 85.5 Å². The van der Waals surface area contributed by atoms with Crippen LogP contribution in [0.25, 0.3) is 89.1 Å². The van der Waals surface area contributed by atoms with Gasteiger partial charge in [-0.15, -0.1) is 29.3 Å². The number of benzene rings is 7. The van der Waals surface area contributed by atoms with E-state index in [0.717, 1.165) is 72.5 Å². The van der Waals surface area contributed by atoms with Gasteiger partial charge in [0, 0.05) is 55.1 Å². The Kier molecular flexibility index (Phi) is 11.5. The van der Waals surface area contributed by atoms with E-state index in [0.29, 0.717) is 11.4 Å². The number of aromatic nitrogens is 4. The molecule has 6 heteroatoms. The summed E-state index contributed by atoms with van der Waals surface area (Å²) in [6.45, 7) is 22.5. The number of fused-ring (bicyclic) bond motifs is 4. The molecular weight excluding hydrogens is 1000 g/mol. The van der Waals surface area contributed by atoms with Gasteiger partial charge in [-0.3, -0.25) is 9.55 Å². The van der Waals surface area contributed by atoms with Gasteiger partial charge in [-0.1, -0.05) is 170 Å². The van der Waals surface area contributed by atoms with E-state index in [4.69, 9.17) is 9.97 Å². The molecule has 0 aliphatic carbocycles. The number of hydrogen-bond donors (Lipinski definition) is 1. The Balaban J connectivity index is 0.00000562. The topological polar surface area (TPSA) is 55.9 Å². The minimum absolute atomic E-state index is 0. The maximum Gasteiger partial charge on any atom is 0.148 e. The van der Waals surface area contributed by atoms with Crippen molar-refractivity contribution >= 4 is 32.8 Å². The minimum atomic E-state index is -0.201. The van der Waals surface area contributed by atoms with Gasteiger partial charge in [0.05, 0.1) is 27.6 Å².